The van der Waals surface area contributed by atoms with Crippen molar-refractivity contribution in [2.45, 2.75) is 6.61 Å². The number of methoxy groups -OCH3 is 1. The highest BCUT2D eigenvalue weighted by molar-refractivity contribution is 5.79. The summed E-state index contributed by atoms with van der Waals surface area (Å²) in [6, 6.07) is 15.6. The number of oxime groups is 1. The number of ether oxygens (including phenoxy) is 1. The van der Waals surface area contributed by atoms with Gasteiger partial charge in [0, 0.05) is 0 Å². The van der Waals surface area contributed by atoms with Gasteiger partial charge in [-0.2, -0.15) is 0 Å². The molecule has 0 spiro atoms. The molecule has 2 rings (SSSR count). The smallest absolute Gasteiger partial charge is 0.142 e. The third-order valence-corrected chi connectivity index (χ3v) is 2.87. The van der Waals surface area contributed by atoms with Crippen LogP contribution >= 0.6 is 0 Å². The van der Waals surface area contributed by atoms with Crippen molar-refractivity contribution >= 4 is 12.3 Å². The number of benzene rings is 2. The Bertz CT molecular complexity index is 605. The fourth-order valence-corrected chi connectivity index (χ4v) is 1.79. The first-order chi connectivity index (χ1) is 9.83. The van der Waals surface area contributed by atoms with E-state index in [0.717, 1.165) is 22.4 Å². The highest BCUT2D eigenvalue weighted by Crippen LogP contribution is 2.12. The zero-order chi connectivity index (χ0) is 14.2. The Morgan fingerprint density at radius 1 is 1.15 bits per heavy atom. The minimum Gasteiger partial charge on any atom is -0.497 e. The zero-order valence-corrected chi connectivity index (χ0v) is 11.5. The normalized spacial score (nSPS) is 10.4. The first-order valence-electron chi connectivity index (χ1n) is 6.33. The summed E-state index contributed by atoms with van der Waals surface area (Å²) in [5.74, 6) is 0.797. The summed E-state index contributed by atoms with van der Waals surface area (Å²) in [7, 11) is 1.64. The average molecular weight is 267 g/mol. The molecule has 0 amide bonds. The standard InChI is InChI=1S/C17H17NO2/c1-3-15-8-4-5-9-16(15)13-20-18-12-14-7-6-10-17(11-14)19-2/h3-12H,1,13H2,2H3. The van der Waals surface area contributed by atoms with E-state index in [1.807, 2.05) is 54.6 Å². The molecule has 0 aliphatic heterocycles. The summed E-state index contributed by atoms with van der Waals surface area (Å²) in [4.78, 5) is 5.32. The molecule has 0 unspecified atom stereocenters. The van der Waals surface area contributed by atoms with E-state index < -0.39 is 0 Å². The summed E-state index contributed by atoms with van der Waals surface area (Å²) < 4.78 is 5.15. The van der Waals surface area contributed by atoms with E-state index in [1.165, 1.54) is 0 Å². The van der Waals surface area contributed by atoms with Gasteiger partial charge in [0.1, 0.15) is 12.4 Å². The molecule has 3 heteroatoms. The van der Waals surface area contributed by atoms with E-state index in [4.69, 9.17) is 9.57 Å². The summed E-state index contributed by atoms with van der Waals surface area (Å²) in [5, 5.41) is 3.97. The molecule has 0 N–H and O–H groups in total. The van der Waals surface area contributed by atoms with Crippen LogP contribution in [0.25, 0.3) is 6.08 Å². The first kappa shape index (κ1) is 13.9. The van der Waals surface area contributed by atoms with Gasteiger partial charge in [0.2, 0.25) is 0 Å². The predicted octanol–water partition coefficient (Wildman–Crippen LogP) is 3.89. The van der Waals surface area contributed by atoms with Crippen LogP contribution < -0.4 is 4.74 Å². The van der Waals surface area contributed by atoms with Gasteiger partial charge in [-0.1, -0.05) is 54.2 Å². The van der Waals surface area contributed by atoms with Crippen LogP contribution in [0.1, 0.15) is 16.7 Å². The van der Waals surface area contributed by atoms with Crippen LogP contribution in [0.4, 0.5) is 0 Å². The van der Waals surface area contributed by atoms with E-state index >= 15 is 0 Å². The van der Waals surface area contributed by atoms with Crippen molar-refractivity contribution in [3.05, 3.63) is 71.8 Å². The lowest BCUT2D eigenvalue weighted by Gasteiger charge is -2.04. The molecule has 102 valence electrons. The molecule has 2 aromatic carbocycles. The fourth-order valence-electron chi connectivity index (χ4n) is 1.79. The Hall–Kier alpha value is -2.55. The first-order valence-corrected chi connectivity index (χ1v) is 6.33. The van der Waals surface area contributed by atoms with Gasteiger partial charge in [0.25, 0.3) is 0 Å². The Balaban J connectivity index is 1.95. The van der Waals surface area contributed by atoms with Gasteiger partial charge in [-0.15, -0.1) is 0 Å². The minimum atomic E-state index is 0.419. The molecule has 0 heterocycles. The maximum absolute atomic E-state index is 5.32. The van der Waals surface area contributed by atoms with Crippen LogP contribution in [-0.2, 0) is 11.4 Å². The SMILES string of the molecule is C=Cc1ccccc1CON=Cc1cccc(OC)c1. The predicted molar refractivity (Wildman–Crippen MR) is 81.9 cm³/mol. The lowest BCUT2D eigenvalue weighted by atomic mass is 10.1. The number of rotatable bonds is 6. The Labute approximate surface area is 119 Å². The average Bonchev–Trinajstić information content (AvgIpc) is 2.52. The largest absolute Gasteiger partial charge is 0.497 e. The van der Waals surface area contributed by atoms with Crippen LogP contribution in [0.5, 0.6) is 5.75 Å². The highest BCUT2D eigenvalue weighted by atomic mass is 16.6. The summed E-state index contributed by atoms with van der Waals surface area (Å²) in [6.45, 7) is 4.20. The fraction of sp³-hybridized carbons (Fsp3) is 0.118. The third-order valence-electron chi connectivity index (χ3n) is 2.87. The van der Waals surface area contributed by atoms with Crippen molar-refractivity contribution in [3.8, 4) is 5.75 Å². The van der Waals surface area contributed by atoms with Gasteiger partial charge in [-0.25, -0.2) is 0 Å². The molecule has 0 aromatic heterocycles. The Morgan fingerprint density at radius 2 is 2.00 bits per heavy atom. The van der Waals surface area contributed by atoms with Gasteiger partial charge in [0.05, 0.1) is 13.3 Å². The molecular weight excluding hydrogens is 250 g/mol. The number of hydrogen-bond donors (Lipinski definition) is 0. The van der Waals surface area contributed by atoms with Gasteiger partial charge >= 0.3 is 0 Å². The van der Waals surface area contributed by atoms with Crippen molar-refractivity contribution in [3.63, 3.8) is 0 Å². The highest BCUT2D eigenvalue weighted by Gasteiger charge is 1.98. The van der Waals surface area contributed by atoms with Crippen LogP contribution in [0.3, 0.4) is 0 Å². The number of nitrogens with zero attached hydrogens (tertiary/aromatic N) is 1. The monoisotopic (exact) mass is 267 g/mol. The van der Waals surface area contributed by atoms with Crippen molar-refractivity contribution < 1.29 is 9.57 Å². The molecule has 20 heavy (non-hydrogen) atoms. The van der Waals surface area contributed by atoms with Gasteiger partial charge < -0.3 is 9.57 Å². The molecule has 0 radical (unpaired) electrons. The lowest BCUT2D eigenvalue weighted by molar-refractivity contribution is 0.132. The quantitative estimate of drug-likeness (QED) is 0.587. The van der Waals surface area contributed by atoms with Crippen LogP contribution in [0.15, 0.2) is 60.3 Å². The number of hydrogen-bond acceptors (Lipinski definition) is 3. The van der Waals surface area contributed by atoms with Crippen LogP contribution in [0.2, 0.25) is 0 Å². The molecule has 0 saturated heterocycles. The van der Waals surface area contributed by atoms with Crippen LogP contribution in [-0.4, -0.2) is 13.3 Å². The van der Waals surface area contributed by atoms with Crippen molar-refractivity contribution in [1.82, 2.24) is 0 Å². The maximum atomic E-state index is 5.32. The zero-order valence-electron chi connectivity index (χ0n) is 11.5. The molecule has 0 bridgehead atoms. The molecule has 0 atom stereocenters. The second-order valence-corrected chi connectivity index (χ2v) is 4.19. The van der Waals surface area contributed by atoms with Crippen molar-refractivity contribution in [1.29, 1.82) is 0 Å². The molecule has 0 aliphatic carbocycles. The summed E-state index contributed by atoms with van der Waals surface area (Å²) >= 11 is 0. The maximum Gasteiger partial charge on any atom is 0.142 e. The van der Waals surface area contributed by atoms with E-state index in [2.05, 4.69) is 11.7 Å². The topological polar surface area (TPSA) is 30.8 Å². The van der Waals surface area contributed by atoms with Crippen LogP contribution in [0, 0.1) is 0 Å². The molecular formula is C17H17NO2. The molecule has 0 aliphatic rings. The van der Waals surface area contributed by atoms with Crippen molar-refractivity contribution in [2.24, 2.45) is 5.16 Å². The second-order valence-electron chi connectivity index (χ2n) is 4.19. The molecule has 0 saturated carbocycles. The lowest BCUT2D eigenvalue weighted by Crippen LogP contribution is -1.91. The van der Waals surface area contributed by atoms with E-state index in [9.17, 15) is 0 Å². The van der Waals surface area contributed by atoms with Gasteiger partial charge in [0.15, 0.2) is 0 Å². The third kappa shape index (κ3) is 3.72. The Morgan fingerprint density at radius 3 is 2.80 bits per heavy atom. The second kappa shape index (κ2) is 7.14. The van der Waals surface area contributed by atoms with Crippen molar-refractivity contribution in [2.75, 3.05) is 7.11 Å². The van der Waals surface area contributed by atoms with E-state index in [1.54, 1.807) is 13.3 Å². The van der Waals surface area contributed by atoms with E-state index in [-0.39, 0.29) is 0 Å². The molecule has 2 aromatic rings. The van der Waals surface area contributed by atoms with E-state index in [0.29, 0.717) is 6.61 Å². The minimum absolute atomic E-state index is 0.419. The molecule has 3 nitrogen and oxygen atoms in total. The van der Waals surface area contributed by atoms with Gasteiger partial charge in [-0.05, 0) is 28.8 Å². The summed E-state index contributed by atoms with van der Waals surface area (Å²) in [6.07, 6.45) is 3.48. The van der Waals surface area contributed by atoms with Gasteiger partial charge in [-0.3, -0.25) is 0 Å². The Kier molecular flexibility index (Phi) is 4.95. The summed E-state index contributed by atoms with van der Waals surface area (Å²) in [5.41, 5.74) is 3.05. The molecule has 0 fully saturated rings.